The van der Waals surface area contributed by atoms with Crippen LogP contribution in [-0.4, -0.2) is 57.0 Å². The van der Waals surface area contributed by atoms with Gasteiger partial charge >= 0.3 is 5.97 Å². The van der Waals surface area contributed by atoms with Crippen molar-refractivity contribution in [1.82, 2.24) is 10.2 Å². The molecule has 0 bridgehead atoms. The minimum Gasteiger partial charge on any atom is -0.480 e. The van der Waals surface area contributed by atoms with Crippen molar-refractivity contribution in [2.45, 2.75) is 62.4 Å². The van der Waals surface area contributed by atoms with Gasteiger partial charge in [-0.15, -0.1) is 0 Å². The molecule has 10 heteroatoms. The number of nitrogens with one attached hydrogen (secondary N) is 1. The van der Waals surface area contributed by atoms with Gasteiger partial charge in [-0.05, 0) is 54.5 Å². The Hall–Kier alpha value is -3.53. The molecule has 2 amide bonds. The highest BCUT2D eigenvalue weighted by atomic mass is 32.2. The SMILES string of the molecule is CC(=O)S[C@@H](Cc1ccc2c(c1)OCO2)C(=O)NC1Cc2ccccc2C2CCCC(C(=O)O)N2C1=O. The predicted octanol–water partition coefficient (Wildman–Crippen LogP) is 2.85. The number of hydrogen-bond donors (Lipinski definition) is 2. The minimum absolute atomic E-state index is 0.130. The summed E-state index contributed by atoms with van der Waals surface area (Å²) in [7, 11) is 0. The summed E-state index contributed by atoms with van der Waals surface area (Å²) in [6, 6.07) is 10.7. The molecule has 2 aromatic rings. The first-order chi connectivity index (χ1) is 17.8. The highest BCUT2D eigenvalue weighted by molar-refractivity contribution is 8.14. The number of carboxylic acid groups (broad SMARTS) is 1. The molecule has 0 saturated carbocycles. The van der Waals surface area contributed by atoms with Gasteiger partial charge in [-0.1, -0.05) is 42.1 Å². The molecule has 1 fully saturated rings. The molecule has 5 rings (SSSR count). The molecule has 0 radical (unpaired) electrons. The van der Waals surface area contributed by atoms with E-state index in [1.165, 1.54) is 11.8 Å². The lowest BCUT2D eigenvalue weighted by Gasteiger charge is -2.40. The van der Waals surface area contributed by atoms with E-state index in [0.29, 0.717) is 30.8 Å². The van der Waals surface area contributed by atoms with Gasteiger partial charge in [0.15, 0.2) is 16.6 Å². The number of carbonyl (C=O) groups excluding carboxylic acids is 3. The molecule has 1 saturated heterocycles. The number of rotatable bonds is 6. The lowest BCUT2D eigenvalue weighted by Crippen LogP contribution is -2.56. The minimum atomic E-state index is -1.05. The van der Waals surface area contributed by atoms with E-state index in [4.69, 9.17) is 9.47 Å². The van der Waals surface area contributed by atoms with Crippen LogP contribution in [0.25, 0.3) is 0 Å². The molecule has 3 unspecified atom stereocenters. The second-order valence-corrected chi connectivity index (χ2v) is 10.9. The van der Waals surface area contributed by atoms with Crippen LogP contribution in [0.3, 0.4) is 0 Å². The van der Waals surface area contributed by atoms with Gasteiger partial charge in [0.05, 0.1) is 11.3 Å². The van der Waals surface area contributed by atoms with Crippen molar-refractivity contribution < 1.29 is 33.8 Å². The van der Waals surface area contributed by atoms with Crippen LogP contribution in [0.15, 0.2) is 42.5 Å². The highest BCUT2D eigenvalue weighted by Gasteiger charge is 2.44. The largest absolute Gasteiger partial charge is 0.480 e. The fraction of sp³-hybridized carbons (Fsp3) is 0.407. The van der Waals surface area contributed by atoms with Crippen molar-refractivity contribution in [2.24, 2.45) is 0 Å². The Kier molecular flexibility index (Phi) is 7.10. The zero-order valence-electron chi connectivity index (χ0n) is 20.3. The van der Waals surface area contributed by atoms with E-state index in [2.05, 4.69) is 5.32 Å². The van der Waals surface area contributed by atoms with Gasteiger partial charge in [0.25, 0.3) is 0 Å². The Morgan fingerprint density at radius 2 is 1.92 bits per heavy atom. The number of carboxylic acids is 1. The van der Waals surface area contributed by atoms with Crippen LogP contribution in [0, 0.1) is 0 Å². The molecule has 0 spiro atoms. The van der Waals surface area contributed by atoms with Crippen LogP contribution in [0.2, 0.25) is 0 Å². The van der Waals surface area contributed by atoms with Gasteiger partial charge in [0.2, 0.25) is 18.6 Å². The first kappa shape index (κ1) is 25.1. The second-order valence-electron chi connectivity index (χ2n) is 9.50. The molecule has 2 aromatic carbocycles. The summed E-state index contributed by atoms with van der Waals surface area (Å²) in [4.78, 5) is 52.8. The zero-order chi connectivity index (χ0) is 26.1. The number of thioether (sulfide) groups is 1. The fourth-order valence-corrected chi connectivity index (χ4v) is 6.29. The summed E-state index contributed by atoms with van der Waals surface area (Å²) in [5.41, 5.74) is 2.62. The monoisotopic (exact) mass is 524 g/mol. The molecular formula is C27H28N2O7S. The van der Waals surface area contributed by atoms with Gasteiger partial charge in [-0.25, -0.2) is 4.79 Å². The molecule has 3 aliphatic heterocycles. The van der Waals surface area contributed by atoms with Gasteiger partial charge in [-0.2, -0.15) is 0 Å². The summed E-state index contributed by atoms with van der Waals surface area (Å²) >= 11 is 0.903. The lowest BCUT2D eigenvalue weighted by molar-refractivity contribution is -0.156. The molecule has 4 atom stereocenters. The molecule has 37 heavy (non-hydrogen) atoms. The van der Waals surface area contributed by atoms with Crippen LogP contribution in [0.4, 0.5) is 0 Å². The van der Waals surface area contributed by atoms with Gasteiger partial charge in [-0.3, -0.25) is 14.4 Å². The van der Waals surface area contributed by atoms with E-state index in [1.54, 1.807) is 12.1 Å². The van der Waals surface area contributed by atoms with Gasteiger partial charge in [0, 0.05) is 13.3 Å². The molecule has 2 N–H and O–H groups in total. The molecule has 194 valence electrons. The molecular weight excluding hydrogens is 496 g/mol. The van der Waals surface area contributed by atoms with E-state index in [-0.39, 0.29) is 30.8 Å². The van der Waals surface area contributed by atoms with Crippen LogP contribution < -0.4 is 14.8 Å². The number of nitrogens with zero attached hydrogens (tertiary/aromatic N) is 1. The third-order valence-electron chi connectivity index (χ3n) is 7.08. The Morgan fingerprint density at radius 1 is 1.14 bits per heavy atom. The number of amides is 2. The van der Waals surface area contributed by atoms with Crippen molar-refractivity contribution in [3.63, 3.8) is 0 Å². The molecule has 0 aliphatic carbocycles. The number of aliphatic carboxylic acids is 1. The fourth-order valence-electron chi connectivity index (χ4n) is 5.43. The maximum absolute atomic E-state index is 13.8. The summed E-state index contributed by atoms with van der Waals surface area (Å²) in [5.74, 6) is -0.700. The summed E-state index contributed by atoms with van der Waals surface area (Å²) in [6.45, 7) is 1.53. The van der Waals surface area contributed by atoms with E-state index in [0.717, 1.165) is 28.5 Å². The maximum Gasteiger partial charge on any atom is 0.326 e. The Bertz CT molecular complexity index is 1250. The van der Waals surface area contributed by atoms with Crippen molar-refractivity contribution >= 4 is 34.7 Å². The average Bonchev–Trinajstić information content (AvgIpc) is 3.30. The third kappa shape index (κ3) is 5.16. The molecule has 3 aliphatic rings. The Balaban J connectivity index is 1.41. The summed E-state index contributed by atoms with van der Waals surface area (Å²) < 4.78 is 10.8. The normalized spacial score (nSPS) is 22.9. The smallest absolute Gasteiger partial charge is 0.326 e. The quantitative estimate of drug-likeness (QED) is 0.592. The molecule has 0 aromatic heterocycles. The first-order valence-electron chi connectivity index (χ1n) is 12.3. The van der Waals surface area contributed by atoms with Gasteiger partial charge < -0.3 is 24.8 Å². The number of benzene rings is 2. The van der Waals surface area contributed by atoms with Gasteiger partial charge in [0.1, 0.15) is 12.1 Å². The third-order valence-corrected chi connectivity index (χ3v) is 8.07. The lowest BCUT2D eigenvalue weighted by atomic mass is 9.89. The van der Waals surface area contributed by atoms with E-state index >= 15 is 0 Å². The zero-order valence-corrected chi connectivity index (χ0v) is 21.2. The number of piperidine rings is 1. The van der Waals surface area contributed by atoms with Crippen LogP contribution >= 0.6 is 11.8 Å². The topological polar surface area (TPSA) is 122 Å². The van der Waals surface area contributed by atoms with Crippen molar-refractivity contribution in [1.29, 1.82) is 0 Å². The number of hydrogen-bond acceptors (Lipinski definition) is 7. The Labute approximate surface area is 218 Å². The predicted molar refractivity (Wildman–Crippen MR) is 135 cm³/mol. The van der Waals surface area contributed by atoms with E-state index in [9.17, 15) is 24.3 Å². The summed E-state index contributed by atoms with van der Waals surface area (Å²) in [6.07, 6.45) is 2.23. The summed E-state index contributed by atoms with van der Waals surface area (Å²) in [5, 5.41) is 11.7. The van der Waals surface area contributed by atoms with Crippen molar-refractivity contribution in [2.75, 3.05) is 6.79 Å². The molecule has 3 heterocycles. The first-order valence-corrected chi connectivity index (χ1v) is 13.2. The Morgan fingerprint density at radius 3 is 2.70 bits per heavy atom. The van der Waals surface area contributed by atoms with E-state index < -0.39 is 35.1 Å². The van der Waals surface area contributed by atoms with Crippen LogP contribution in [0.5, 0.6) is 11.5 Å². The average molecular weight is 525 g/mol. The van der Waals surface area contributed by atoms with Crippen molar-refractivity contribution in [3.05, 3.63) is 59.2 Å². The standard InChI is InChI=1S/C27H28N2O7S/c1-15(30)37-24(12-16-9-10-22-23(11-16)36-14-35-22)25(31)28-19-13-17-5-2-3-6-18(17)20-7-4-8-21(27(33)34)29(20)26(19)32/h2-3,5-6,9-11,19-21,24H,4,7-8,12-14H2,1H3,(H,28,31)(H,33,34)/t19?,20?,21?,24-/m0/s1. The number of fused-ring (bicyclic) bond motifs is 4. The maximum atomic E-state index is 13.8. The number of carbonyl (C=O) groups is 4. The highest BCUT2D eigenvalue weighted by Crippen LogP contribution is 2.39. The second kappa shape index (κ2) is 10.5. The molecule has 9 nitrogen and oxygen atoms in total. The number of ether oxygens (including phenoxy) is 2. The van der Waals surface area contributed by atoms with Crippen molar-refractivity contribution in [3.8, 4) is 11.5 Å². The van der Waals surface area contributed by atoms with Crippen LogP contribution in [0.1, 0.15) is 48.9 Å². The van der Waals surface area contributed by atoms with Crippen LogP contribution in [-0.2, 0) is 32.0 Å². The van der Waals surface area contributed by atoms with E-state index in [1.807, 2.05) is 30.3 Å².